The van der Waals surface area contributed by atoms with Gasteiger partial charge in [0.25, 0.3) is 0 Å². The molecule has 0 aromatic heterocycles. The van der Waals surface area contributed by atoms with Gasteiger partial charge < -0.3 is 20.2 Å². The van der Waals surface area contributed by atoms with E-state index in [1.54, 1.807) is 6.92 Å². The van der Waals surface area contributed by atoms with Gasteiger partial charge in [-0.25, -0.2) is 0 Å². The van der Waals surface area contributed by atoms with Crippen LogP contribution in [0.1, 0.15) is 27.2 Å². The minimum absolute atomic E-state index is 0.550. The summed E-state index contributed by atoms with van der Waals surface area (Å²) < 4.78 is 0. The van der Waals surface area contributed by atoms with E-state index in [2.05, 4.69) is 29.1 Å². The van der Waals surface area contributed by atoms with Gasteiger partial charge in [-0.1, -0.05) is 6.92 Å². The van der Waals surface area contributed by atoms with Gasteiger partial charge in [0.1, 0.15) is 5.54 Å². The molecule has 1 rings (SSSR count). The zero-order valence-electron chi connectivity index (χ0n) is 12.1. The third-order valence-corrected chi connectivity index (χ3v) is 4.01. The Bertz CT molecular complexity index is 285. The molecule has 5 nitrogen and oxygen atoms in total. The first-order valence-electron chi connectivity index (χ1n) is 6.80. The molecule has 1 aliphatic rings. The van der Waals surface area contributed by atoms with E-state index in [0.717, 1.165) is 26.2 Å². The monoisotopic (exact) mass is 257 g/mol. The van der Waals surface area contributed by atoms with E-state index in [0.29, 0.717) is 19.0 Å². The van der Waals surface area contributed by atoms with Crippen LogP contribution in [0.3, 0.4) is 0 Å². The van der Waals surface area contributed by atoms with Gasteiger partial charge in [-0.15, -0.1) is 0 Å². The summed E-state index contributed by atoms with van der Waals surface area (Å²) in [6.07, 6.45) is 0.645. The molecule has 2 unspecified atom stereocenters. The van der Waals surface area contributed by atoms with Crippen LogP contribution < -0.4 is 5.32 Å². The van der Waals surface area contributed by atoms with Crippen LogP contribution in [-0.2, 0) is 4.79 Å². The Morgan fingerprint density at radius 3 is 2.67 bits per heavy atom. The van der Waals surface area contributed by atoms with Crippen molar-refractivity contribution in [3.8, 4) is 0 Å². The minimum Gasteiger partial charge on any atom is -0.480 e. The number of carbonyl (C=O) groups is 1. The van der Waals surface area contributed by atoms with Crippen molar-refractivity contribution in [2.75, 3.05) is 39.8 Å². The third kappa shape index (κ3) is 3.93. The standard InChI is InChI=1S/C13H27N3O2/c1-5-14-13(3,12(17)18)6-7-16-9-8-15(4)11(2)10-16/h11,14H,5-10H2,1-4H3,(H,17,18). The molecule has 0 saturated carbocycles. The normalized spacial score (nSPS) is 25.9. The number of hydrogen-bond donors (Lipinski definition) is 2. The van der Waals surface area contributed by atoms with Gasteiger partial charge in [0, 0.05) is 32.2 Å². The lowest BCUT2D eigenvalue weighted by Gasteiger charge is -2.39. The molecule has 0 amide bonds. The van der Waals surface area contributed by atoms with Crippen LogP contribution in [-0.4, -0.2) is 72.2 Å². The van der Waals surface area contributed by atoms with Crippen molar-refractivity contribution < 1.29 is 9.90 Å². The molecule has 0 aromatic rings. The zero-order chi connectivity index (χ0) is 13.8. The maximum absolute atomic E-state index is 11.3. The number of nitrogens with zero attached hydrogens (tertiary/aromatic N) is 2. The molecule has 0 aliphatic carbocycles. The van der Waals surface area contributed by atoms with Gasteiger partial charge in [0.2, 0.25) is 0 Å². The topological polar surface area (TPSA) is 55.8 Å². The number of likely N-dealkylation sites (N-methyl/N-ethyl adjacent to an activating group) is 2. The van der Waals surface area contributed by atoms with Gasteiger partial charge in [-0.2, -0.15) is 0 Å². The average molecular weight is 257 g/mol. The van der Waals surface area contributed by atoms with E-state index in [1.165, 1.54) is 0 Å². The van der Waals surface area contributed by atoms with Crippen molar-refractivity contribution in [3.63, 3.8) is 0 Å². The number of nitrogens with one attached hydrogen (secondary N) is 1. The molecule has 2 atom stereocenters. The highest BCUT2D eigenvalue weighted by molar-refractivity contribution is 5.78. The predicted molar refractivity (Wildman–Crippen MR) is 72.9 cm³/mol. The van der Waals surface area contributed by atoms with E-state index in [4.69, 9.17) is 0 Å². The quantitative estimate of drug-likeness (QED) is 0.724. The largest absolute Gasteiger partial charge is 0.480 e. The second kappa shape index (κ2) is 6.50. The molecule has 5 heteroatoms. The molecule has 0 aromatic carbocycles. The fraction of sp³-hybridized carbons (Fsp3) is 0.923. The second-order valence-corrected chi connectivity index (χ2v) is 5.55. The van der Waals surface area contributed by atoms with Crippen LogP contribution in [0.2, 0.25) is 0 Å². The average Bonchev–Trinajstić information content (AvgIpc) is 2.31. The molecular weight excluding hydrogens is 230 g/mol. The molecule has 0 spiro atoms. The van der Waals surface area contributed by atoms with Crippen LogP contribution in [0.5, 0.6) is 0 Å². The molecule has 1 saturated heterocycles. The smallest absolute Gasteiger partial charge is 0.323 e. The summed E-state index contributed by atoms with van der Waals surface area (Å²) in [5.74, 6) is -0.758. The Hall–Kier alpha value is -0.650. The summed E-state index contributed by atoms with van der Waals surface area (Å²) in [5.41, 5.74) is -0.804. The molecule has 106 valence electrons. The Morgan fingerprint density at radius 1 is 1.50 bits per heavy atom. The molecule has 18 heavy (non-hydrogen) atoms. The van der Waals surface area contributed by atoms with Crippen molar-refractivity contribution in [1.29, 1.82) is 0 Å². The Morgan fingerprint density at radius 2 is 2.17 bits per heavy atom. The fourth-order valence-electron chi connectivity index (χ4n) is 2.37. The molecule has 1 heterocycles. The Labute approximate surface area is 110 Å². The summed E-state index contributed by atoms with van der Waals surface area (Å²) in [7, 11) is 2.14. The maximum atomic E-state index is 11.3. The van der Waals surface area contributed by atoms with E-state index in [1.807, 2.05) is 6.92 Å². The first-order chi connectivity index (χ1) is 8.39. The number of carboxylic acids is 1. The van der Waals surface area contributed by atoms with E-state index in [-0.39, 0.29) is 0 Å². The fourth-order valence-corrected chi connectivity index (χ4v) is 2.37. The van der Waals surface area contributed by atoms with Gasteiger partial charge in [-0.05, 0) is 33.9 Å². The van der Waals surface area contributed by atoms with Crippen LogP contribution in [0.25, 0.3) is 0 Å². The minimum atomic E-state index is -0.804. The number of hydrogen-bond acceptors (Lipinski definition) is 4. The maximum Gasteiger partial charge on any atom is 0.323 e. The lowest BCUT2D eigenvalue weighted by molar-refractivity contribution is -0.144. The summed E-state index contributed by atoms with van der Waals surface area (Å²) >= 11 is 0. The van der Waals surface area contributed by atoms with Crippen molar-refractivity contribution in [1.82, 2.24) is 15.1 Å². The Kier molecular flexibility index (Phi) is 5.56. The van der Waals surface area contributed by atoms with Crippen molar-refractivity contribution in [3.05, 3.63) is 0 Å². The van der Waals surface area contributed by atoms with Crippen LogP contribution in [0, 0.1) is 0 Å². The first-order valence-corrected chi connectivity index (χ1v) is 6.80. The van der Waals surface area contributed by atoms with Crippen LogP contribution >= 0.6 is 0 Å². The zero-order valence-corrected chi connectivity index (χ0v) is 12.1. The van der Waals surface area contributed by atoms with E-state index < -0.39 is 11.5 Å². The number of piperazine rings is 1. The van der Waals surface area contributed by atoms with Crippen molar-refractivity contribution in [2.45, 2.75) is 38.8 Å². The highest BCUT2D eigenvalue weighted by Crippen LogP contribution is 2.14. The molecule has 2 N–H and O–H groups in total. The molecule has 1 aliphatic heterocycles. The second-order valence-electron chi connectivity index (χ2n) is 5.55. The van der Waals surface area contributed by atoms with Crippen molar-refractivity contribution >= 4 is 5.97 Å². The molecule has 1 fully saturated rings. The van der Waals surface area contributed by atoms with Gasteiger partial charge in [0.05, 0.1) is 0 Å². The summed E-state index contributed by atoms with van der Waals surface area (Å²) in [5, 5.41) is 12.4. The van der Waals surface area contributed by atoms with Crippen LogP contribution in [0.15, 0.2) is 0 Å². The highest BCUT2D eigenvalue weighted by atomic mass is 16.4. The third-order valence-electron chi connectivity index (χ3n) is 4.01. The number of aliphatic carboxylic acids is 1. The lowest BCUT2D eigenvalue weighted by Crippen LogP contribution is -2.54. The van der Waals surface area contributed by atoms with Gasteiger partial charge >= 0.3 is 5.97 Å². The molecular formula is C13H27N3O2. The summed E-state index contributed by atoms with van der Waals surface area (Å²) in [6, 6.07) is 0.550. The van der Waals surface area contributed by atoms with Gasteiger partial charge in [0.15, 0.2) is 0 Å². The summed E-state index contributed by atoms with van der Waals surface area (Å²) in [4.78, 5) is 16.0. The molecule has 0 bridgehead atoms. The lowest BCUT2D eigenvalue weighted by atomic mass is 9.97. The number of carboxylic acid groups (broad SMARTS) is 1. The number of rotatable bonds is 6. The van der Waals surface area contributed by atoms with Crippen molar-refractivity contribution in [2.24, 2.45) is 0 Å². The van der Waals surface area contributed by atoms with Gasteiger partial charge in [-0.3, -0.25) is 4.79 Å². The molecule has 0 radical (unpaired) electrons. The van der Waals surface area contributed by atoms with E-state index >= 15 is 0 Å². The predicted octanol–water partition coefficient (Wildman–Crippen LogP) is 0.465. The SMILES string of the molecule is CCNC(C)(CCN1CCN(C)C(C)C1)C(=O)O. The summed E-state index contributed by atoms with van der Waals surface area (Å²) in [6.45, 7) is 10.6. The highest BCUT2D eigenvalue weighted by Gasteiger charge is 2.32. The van der Waals surface area contributed by atoms with E-state index in [9.17, 15) is 9.90 Å². The first kappa shape index (κ1) is 15.4. The Balaban J connectivity index is 2.45. The van der Waals surface area contributed by atoms with Crippen LogP contribution in [0.4, 0.5) is 0 Å².